The lowest BCUT2D eigenvalue weighted by Gasteiger charge is -2.28. The topological polar surface area (TPSA) is 106 Å². The van der Waals surface area contributed by atoms with Crippen molar-refractivity contribution in [1.82, 2.24) is 25.7 Å². The van der Waals surface area contributed by atoms with E-state index in [1.807, 2.05) is 20.8 Å². The Morgan fingerprint density at radius 2 is 2.16 bits per heavy atom. The Balaban J connectivity index is 1.81. The van der Waals surface area contributed by atoms with Gasteiger partial charge in [-0.15, -0.1) is 0 Å². The SMILES string of the molecule is CCc1cc(C(=O)NC(c2nc(C(C)C)no2)C2CCOCC2)n[nH]1. The van der Waals surface area contributed by atoms with Gasteiger partial charge in [0.05, 0.1) is 0 Å². The van der Waals surface area contributed by atoms with Crippen molar-refractivity contribution in [3.8, 4) is 0 Å². The van der Waals surface area contributed by atoms with Crippen LogP contribution in [0.15, 0.2) is 10.6 Å². The lowest BCUT2D eigenvalue weighted by molar-refractivity contribution is 0.0467. The highest BCUT2D eigenvalue weighted by Gasteiger charge is 2.32. The number of nitrogens with zero attached hydrogens (tertiary/aromatic N) is 3. The Bertz CT molecular complexity index is 703. The fraction of sp³-hybridized carbons (Fsp3) is 0.647. The van der Waals surface area contributed by atoms with E-state index in [1.54, 1.807) is 6.07 Å². The standard InChI is InChI=1S/C17H25N5O3/c1-4-12-9-13(21-20-12)16(23)18-14(11-5-7-24-8-6-11)17-19-15(10(2)3)22-25-17/h9-11,14H,4-8H2,1-3H3,(H,18,23)(H,20,21). The molecule has 1 aliphatic heterocycles. The largest absolute Gasteiger partial charge is 0.381 e. The van der Waals surface area contributed by atoms with Gasteiger partial charge in [0.2, 0.25) is 5.89 Å². The molecule has 0 radical (unpaired) electrons. The molecular weight excluding hydrogens is 322 g/mol. The van der Waals surface area contributed by atoms with Crippen LogP contribution in [0.25, 0.3) is 0 Å². The van der Waals surface area contributed by atoms with Crippen molar-refractivity contribution in [3.63, 3.8) is 0 Å². The summed E-state index contributed by atoms with van der Waals surface area (Å²) in [6.45, 7) is 7.36. The molecular formula is C17H25N5O3. The molecule has 0 aromatic carbocycles. The minimum absolute atomic E-state index is 0.169. The molecule has 0 aliphatic carbocycles. The van der Waals surface area contributed by atoms with Crippen molar-refractivity contribution in [2.45, 2.75) is 52.0 Å². The van der Waals surface area contributed by atoms with E-state index in [0.717, 1.165) is 25.0 Å². The monoisotopic (exact) mass is 347 g/mol. The molecule has 2 aromatic rings. The Morgan fingerprint density at radius 1 is 1.40 bits per heavy atom. The number of ether oxygens (including phenoxy) is 1. The van der Waals surface area contributed by atoms with Crippen LogP contribution in [0.3, 0.4) is 0 Å². The van der Waals surface area contributed by atoms with Crippen LogP contribution in [0.2, 0.25) is 0 Å². The lowest BCUT2D eigenvalue weighted by atomic mass is 9.91. The number of aryl methyl sites for hydroxylation is 1. The van der Waals surface area contributed by atoms with Crippen LogP contribution in [0.5, 0.6) is 0 Å². The fourth-order valence-corrected chi connectivity index (χ4v) is 2.91. The summed E-state index contributed by atoms with van der Waals surface area (Å²) in [4.78, 5) is 17.1. The lowest BCUT2D eigenvalue weighted by Crippen LogP contribution is -2.36. The number of nitrogens with one attached hydrogen (secondary N) is 2. The summed E-state index contributed by atoms with van der Waals surface area (Å²) in [5.74, 6) is 1.23. The van der Waals surface area contributed by atoms with Gasteiger partial charge in [0.15, 0.2) is 5.82 Å². The zero-order valence-electron chi connectivity index (χ0n) is 14.9. The van der Waals surface area contributed by atoms with Gasteiger partial charge < -0.3 is 14.6 Å². The molecule has 136 valence electrons. The minimum Gasteiger partial charge on any atom is -0.381 e. The number of aromatic nitrogens is 4. The number of hydrogen-bond donors (Lipinski definition) is 2. The van der Waals surface area contributed by atoms with Crippen LogP contribution in [0.1, 0.15) is 73.5 Å². The summed E-state index contributed by atoms with van der Waals surface area (Å²) < 4.78 is 10.9. The molecule has 1 aliphatic rings. The van der Waals surface area contributed by atoms with Gasteiger partial charge in [-0.2, -0.15) is 10.1 Å². The van der Waals surface area contributed by atoms with Crippen LogP contribution in [0, 0.1) is 5.92 Å². The van der Waals surface area contributed by atoms with Crippen LogP contribution >= 0.6 is 0 Å². The summed E-state index contributed by atoms with van der Waals surface area (Å²) in [6.07, 6.45) is 2.47. The van der Waals surface area contributed by atoms with Gasteiger partial charge in [-0.3, -0.25) is 9.89 Å². The Morgan fingerprint density at radius 3 is 2.76 bits per heavy atom. The van der Waals surface area contributed by atoms with Gasteiger partial charge in [0, 0.05) is 24.8 Å². The second-order valence-corrected chi connectivity index (χ2v) is 6.68. The molecule has 1 saturated heterocycles. The van der Waals surface area contributed by atoms with Crippen LogP contribution in [0.4, 0.5) is 0 Å². The zero-order valence-corrected chi connectivity index (χ0v) is 14.9. The van der Waals surface area contributed by atoms with E-state index < -0.39 is 0 Å². The molecule has 2 aromatic heterocycles. The third-order valence-electron chi connectivity index (χ3n) is 4.51. The third-order valence-corrected chi connectivity index (χ3v) is 4.51. The maximum Gasteiger partial charge on any atom is 0.272 e. The number of aromatic amines is 1. The summed E-state index contributed by atoms with van der Waals surface area (Å²) in [5.41, 5.74) is 1.30. The van der Waals surface area contributed by atoms with Crippen molar-refractivity contribution in [3.05, 3.63) is 29.2 Å². The predicted octanol–water partition coefficient (Wildman–Crippen LogP) is 2.38. The molecule has 8 heteroatoms. The first-order chi connectivity index (χ1) is 12.1. The summed E-state index contributed by atoms with van der Waals surface area (Å²) in [5, 5.41) is 14.0. The number of rotatable bonds is 6. The van der Waals surface area contributed by atoms with Crippen molar-refractivity contribution < 1.29 is 14.1 Å². The fourth-order valence-electron chi connectivity index (χ4n) is 2.91. The molecule has 1 fully saturated rings. The van der Waals surface area contributed by atoms with E-state index in [0.29, 0.717) is 30.6 Å². The highest BCUT2D eigenvalue weighted by atomic mass is 16.5. The van der Waals surface area contributed by atoms with E-state index in [2.05, 4.69) is 25.7 Å². The quantitative estimate of drug-likeness (QED) is 0.831. The number of H-pyrrole nitrogens is 1. The van der Waals surface area contributed by atoms with E-state index in [9.17, 15) is 4.79 Å². The molecule has 0 bridgehead atoms. The normalized spacial score (nSPS) is 17.0. The Hall–Kier alpha value is -2.22. The average molecular weight is 347 g/mol. The maximum atomic E-state index is 12.6. The van der Waals surface area contributed by atoms with Gasteiger partial charge in [0.25, 0.3) is 5.91 Å². The molecule has 3 heterocycles. The van der Waals surface area contributed by atoms with E-state index >= 15 is 0 Å². The molecule has 8 nitrogen and oxygen atoms in total. The van der Waals surface area contributed by atoms with Gasteiger partial charge in [-0.1, -0.05) is 25.9 Å². The van der Waals surface area contributed by atoms with Gasteiger partial charge in [-0.05, 0) is 31.2 Å². The third kappa shape index (κ3) is 4.07. The first-order valence-electron chi connectivity index (χ1n) is 8.84. The predicted molar refractivity (Wildman–Crippen MR) is 90.1 cm³/mol. The number of carbonyl (C=O) groups excluding carboxylic acids is 1. The van der Waals surface area contributed by atoms with Crippen molar-refractivity contribution in [2.75, 3.05) is 13.2 Å². The van der Waals surface area contributed by atoms with E-state index in [4.69, 9.17) is 9.26 Å². The second-order valence-electron chi connectivity index (χ2n) is 6.68. The Kier molecular flexibility index (Phi) is 5.47. The van der Waals surface area contributed by atoms with Gasteiger partial charge in [0.1, 0.15) is 11.7 Å². The summed E-state index contributed by atoms with van der Waals surface area (Å²) in [6, 6.07) is 1.43. The smallest absolute Gasteiger partial charge is 0.272 e. The Labute approximate surface area is 146 Å². The average Bonchev–Trinajstić information content (AvgIpc) is 3.29. The minimum atomic E-state index is -0.335. The highest BCUT2D eigenvalue weighted by Crippen LogP contribution is 2.30. The summed E-state index contributed by atoms with van der Waals surface area (Å²) >= 11 is 0. The molecule has 1 unspecified atom stereocenters. The molecule has 2 N–H and O–H groups in total. The molecule has 0 saturated carbocycles. The number of carbonyl (C=O) groups is 1. The molecule has 25 heavy (non-hydrogen) atoms. The first kappa shape index (κ1) is 17.6. The summed E-state index contributed by atoms with van der Waals surface area (Å²) in [7, 11) is 0. The van der Waals surface area contributed by atoms with Crippen molar-refractivity contribution in [1.29, 1.82) is 0 Å². The van der Waals surface area contributed by atoms with Crippen molar-refractivity contribution in [2.24, 2.45) is 5.92 Å². The highest BCUT2D eigenvalue weighted by molar-refractivity contribution is 5.92. The maximum absolute atomic E-state index is 12.6. The first-order valence-corrected chi connectivity index (χ1v) is 8.84. The second kappa shape index (κ2) is 7.77. The van der Waals surface area contributed by atoms with Crippen LogP contribution in [-0.2, 0) is 11.2 Å². The van der Waals surface area contributed by atoms with Gasteiger partial charge in [-0.25, -0.2) is 0 Å². The molecule has 3 rings (SSSR count). The van der Waals surface area contributed by atoms with E-state index in [1.165, 1.54) is 0 Å². The van der Waals surface area contributed by atoms with E-state index in [-0.39, 0.29) is 23.8 Å². The van der Waals surface area contributed by atoms with Crippen LogP contribution in [-0.4, -0.2) is 39.5 Å². The molecule has 1 atom stereocenters. The number of amides is 1. The van der Waals surface area contributed by atoms with Crippen molar-refractivity contribution >= 4 is 5.91 Å². The number of hydrogen-bond acceptors (Lipinski definition) is 6. The van der Waals surface area contributed by atoms with Crippen LogP contribution < -0.4 is 5.32 Å². The van der Waals surface area contributed by atoms with Gasteiger partial charge >= 0.3 is 0 Å². The zero-order chi connectivity index (χ0) is 17.8. The molecule has 1 amide bonds. The molecule has 0 spiro atoms.